The molecule has 0 radical (unpaired) electrons. The maximum Gasteiger partial charge on any atom is 0.229 e. The zero-order chi connectivity index (χ0) is 20.1. The molecule has 0 aliphatic carbocycles. The normalized spacial score (nSPS) is 16.4. The second-order valence-electron chi connectivity index (χ2n) is 7.70. The third-order valence-corrected chi connectivity index (χ3v) is 6.76. The van der Waals surface area contributed by atoms with Gasteiger partial charge >= 0.3 is 0 Å². The molecule has 1 saturated heterocycles. The molecule has 29 heavy (non-hydrogen) atoms. The lowest BCUT2D eigenvalue weighted by molar-refractivity contribution is -0.123. The molecule has 4 nitrogen and oxygen atoms in total. The zero-order valence-corrected chi connectivity index (χ0v) is 17.6. The van der Waals surface area contributed by atoms with Gasteiger partial charge in [0.15, 0.2) is 0 Å². The minimum Gasteiger partial charge on any atom is -0.353 e. The van der Waals surface area contributed by atoms with Gasteiger partial charge < -0.3 is 5.32 Å². The van der Waals surface area contributed by atoms with Crippen LogP contribution in [0.15, 0.2) is 66.9 Å². The van der Waals surface area contributed by atoms with Crippen LogP contribution < -0.4 is 5.32 Å². The lowest BCUT2D eigenvalue weighted by Crippen LogP contribution is -2.45. The summed E-state index contributed by atoms with van der Waals surface area (Å²) >= 11 is 1.61. The number of nitrogens with one attached hydrogen (secondary N) is 1. The van der Waals surface area contributed by atoms with Crippen molar-refractivity contribution in [2.75, 3.05) is 13.1 Å². The van der Waals surface area contributed by atoms with Crippen molar-refractivity contribution in [2.45, 2.75) is 38.3 Å². The van der Waals surface area contributed by atoms with Gasteiger partial charge in [0.1, 0.15) is 5.01 Å². The Morgan fingerprint density at radius 2 is 1.76 bits per heavy atom. The Bertz CT molecular complexity index is 918. The predicted molar refractivity (Wildman–Crippen MR) is 119 cm³/mol. The van der Waals surface area contributed by atoms with Crippen LogP contribution >= 0.6 is 11.3 Å². The highest BCUT2D eigenvalue weighted by atomic mass is 32.1. The number of amides is 1. The first kappa shape index (κ1) is 19.8. The van der Waals surface area contributed by atoms with E-state index >= 15 is 0 Å². The highest BCUT2D eigenvalue weighted by Gasteiger charge is 2.25. The predicted octanol–water partition coefficient (Wildman–Crippen LogP) is 4.69. The summed E-state index contributed by atoms with van der Waals surface area (Å²) in [6.45, 7) is 4.97. The molecule has 0 spiro atoms. The van der Waals surface area contributed by atoms with E-state index < -0.39 is 0 Å². The van der Waals surface area contributed by atoms with Crippen LogP contribution in [0.3, 0.4) is 0 Å². The van der Waals surface area contributed by atoms with Gasteiger partial charge in [-0.1, -0.05) is 60.7 Å². The SMILES string of the molecule is CC(C(=O)NC1CCN(Cc2ccccc2)CC1)c1ncc(-c2ccccc2)s1. The molecule has 1 aliphatic heterocycles. The monoisotopic (exact) mass is 405 g/mol. The average molecular weight is 406 g/mol. The molecule has 2 heterocycles. The van der Waals surface area contributed by atoms with Gasteiger partial charge in [-0.3, -0.25) is 9.69 Å². The summed E-state index contributed by atoms with van der Waals surface area (Å²) < 4.78 is 0. The highest BCUT2D eigenvalue weighted by molar-refractivity contribution is 7.15. The molecule has 1 N–H and O–H groups in total. The van der Waals surface area contributed by atoms with Crippen molar-refractivity contribution >= 4 is 17.2 Å². The molecule has 4 rings (SSSR count). The van der Waals surface area contributed by atoms with Crippen LogP contribution in [-0.2, 0) is 11.3 Å². The minimum atomic E-state index is -0.222. The standard InChI is InChI=1S/C24H27N3OS/c1-18(24-25-16-22(29-24)20-10-6-3-7-11-20)23(28)26-21-12-14-27(15-13-21)17-19-8-4-2-5-9-19/h2-11,16,18,21H,12-15,17H2,1H3,(H,26,28). The topological polar surface area (TPSA) is 45.2 Å². The molecule has 2 aromatic carbocycles. The molecular formula is C24H27N3OS. The molecule has 1 amide bonds. The number of hydrogen-bond donors (Lipinski definition) is 1. The number of hydrogen-bond acceptors (Lipinski definition) is 4. The number of piperidine rings is 1. The fraction of sp³-hybridized carbons (Fsp3) is 0.333. The van der Waals surface area contributed by atoms with Gasteiger partial charge in [-0.25, -0.2) is 4.98 Å². The van der Waals surface area contributed by atoms with Gasteiger partial charge in [0, 0.05) is 31.9 Å². The summed E-state index contributed by atoms with van der Waals surface area (Å²) in [6.07, 6.45) is 3.87. The molecule has 3 aromatic rings. The molecule has 1 unspecified atom stereocenters. The fourth-order valence-electron chi connectivity index (χ4n) is 3.74. The third-order valence-electron chi connectivity index (χ3n) is 5.53. The summed E-state index contributed by atoms with van der Waals surface area (Å²) in [6, 6.07) is 21.0. The van der Waals surface area contributed by atoms with E-state index in [1.165, 1.54) is 5.56 Å². The van der Waals surface area contributed by atoms with Gasteiger partial charge in [0.25, 0.3) is 0 Å². The first-order valence-corrected chi connectivity index (χ1v) is 11.1. The van der Waals surface area contributed by atoms with Gasteiger partial charge in [-0.05, 0) is 30.9 Å². The molecule has 1 fully saturated rings. The fourth-order valence-corrected chi connectivity index (χ4v) is 4.71. The Balaban J connectivity index is 1.28. The smallest absolute Gasteiger partial charge is 0.229 e. The van der Waals surface area contributed by atoms with Crippen molar-refractivity contribution in [3.63, 3.8) is 0 Å². The third kappa shape index (κ3) is 5.11. The van der Waals surface area contributed by atoms with E-state index in [4.69, 9.17) is 0 Å². The lowest BCUT2D eigenvalue weighted by Gasteiger charge is -2.32. The number of thiazole rings is 1. The number of nitrogens with zero attached hydrogens (tertiary/aromatic N) is 2. The summed E-state index contributed by atoms with van der Waals surface area (Å²) in [5, 5.41) is 4.13. The zero-order valence-electron chi connectivity index (χ0n) is 16.8. The second kappa shape index (κ2) is 9.33. The van der Waals surface area contributed by atoms with E-state index in [1.54, 1.807) is 11.3 Å². The number of rotatable bonds is 6. The van der Waals surface area contributed by atoms with Crippen molar-refractivity contribution < 1.29 is 4.79 Å². The quantitative estimate of drug-likeness (QED) is 0.647. The van der Waals surface area contributed by atoms with Crippen LogP contribution in [0.25, 0.3) is 10.4 Å². The maximum atomic E-state index is 12.8. The van der Waals surface area contributed by atoms with E-state index in [-0.39, 0.29) is 17.9 Å². The van der Waals surface area contributed by atoms with Crippen LogP contribution in [0.4, 0.5) is 0 Å². The van der Waals surface area contributed by atoms with Crippen LogP contribution in [0.2, 0.25) is 0 Å². The summed E-state index contributed by atoms with van der Waals surface area (Å²) in [5.41, 5.74) is 2.50. The number of likely N-dealkylation sites (tertiary alicyclic amines) is 1. The van der Waals surface area contributed by atoms with E-state index in [2.05, 4.69) is 57.7 Å². The molecule has 1 aromatic heterocycles. The number of carbonyl (C=O) groups excluding carboxylic acids is 1. The van der Waals surface area contributed by atoms with E-state index in [1.807, 2.05) is 31.3 Å². The maximum absolute atomic E-state index is 12.8. The van der Waals surface area contributed by atoms with Crippen LogP contribution in [0.5, 0.6) is 0 Å². The lowest BCUT2D eigenvalue weighted by atomic mass is 10.0. The van der Waals surface area contributed by atoms with Crippen molar-refractivity contribution in [1.29, 1.82) is 0 Å². The van der Waals surface area contributed by atoms with Crippen LogP contribution in [-0.4, -0.2) is 34.9 Å². The second-order valence-corrected chi connectivity index (χ2v) is 8.76. The minimum absolute atomic E-state index is 0.0838. The Labute approximate surface area is 176 Å². The average Bonchev–Trinajstić information content (AvgIpc) is 3.26. The number of benzene rings is 2. The Kier molecular flexibility index (Phi) is 6.37. The molecule has 1 atom stereocenters. The van der Waals surface area contributed by atoms with Gasteiger partial charge in [0.05, 0.1) is 10.8 Å². The molecule has 0 saturated carbocycles. The summed E-state index contributed by atoms with van der Waals surface area (Å²) in [7, 11) is 0. The van der Waals surface area contributed by atoms with Crippen molar-refractivity contribution in [2.24, 2.45) is 0 Å². The first-order chi connectivity index (χ1) is 14.2. The number of carbonyl (C=O) groups is 1. The van der Waals surface area contributed by atoms with Crippen molar-refractivity contribution in [3.05, 3.63) is 77.4 Å². The largest absolute Gasteiger partial charge is 0.353 e. The van der Waals surface area contributed by atoms with Crippen molar-refractivity contribution in [3.8, 4) is 10.4 Å². The molecule has 0 bridgehead atoms. The Morgan fingerprint density at radius 3 is 2.45 bits per heavy atom. The van der Waals surface area contributed by atoms with E-state index in [9.17, 15) is 4.79 Å². The van der Waals surface area contributed by atoms with Crippen molar-refractivity contribution in [1.82, 2.24) is 15.2 Å². The van der Waals surface area contributed by atoms with Gasteiger partial charge in [0.2, 0.25) is 5.91 Å². The molecular weight excluding hydrogens is 378 g/mol. The van der Waals surface area contributed by atoms with Gasteiger partial charge in [-0.15, -0.1) is 11.3 Å². The van der Waals surface area contributed by atoms with Crippen LogP contribution in [0, 0.1) is 0 Å². The van der Waals surface area contributed by atoms with Crippen LogP contribution in [0.1, 0.15) is 36.3 Å². The summed E-state index contributed by atoms with van der Waals surface area (Å²) in [4.78, 5) is 20.9. The molecule has 1 aliphatic rings. The van der Waals surface area contributed by atoms with Gasteiger partial charge in [-0.2, -0.15) is 0 Å². The highest BCUT2D eigenvalue weighted by Crippen LogP contribution is 2.30. The Hall–Kier alpha value is -2.50. The number of aromatic nitrogens is 1. The first-order valence-electron chi connectivity index (χ1n) is 10.3. The summed E-state index contributed by atoms with van der Waals surface area (Å²) in [5.74, 6) is -0.139. The molecule has 150 valence electrons. The Morgan fingerprint density at radius 1 is 1.10 bits per heavy atom. The van der Waals surface area contributed by atoms with E-state index in [0.29, 0.717) is 0 Å². The van der Waals surface area contributed by atoms with E-state index in [0.717, 1.165) is 47.9 Å². The molecule has 5 heteroatoms.